The first-order chi connectivity index (χ1) is 13.5. The Labute approximate surface area is 181 Å². The first kappa shape index (κ1) is 22.3. The molecule has 0 spiro atoms. The zero-order valence-corrected chi connectivity index (χ0v) is 17.3. The molecule has 0 aliphatic heterocycles. The Morgan fingerprint density at radius 2 is 1.79 bits per heavy atom. The van der Waals surface area contributed by atoms with Gasteiger partial charge in [0.05, 0.1) is 14.2 Å². The van der Waals surface area contributed by atoms with Crippen LogP contribution in [0.15, 0.2) is 59.4 Å². The van der Waals surface area contributed by atoms with E-state index in [-0.39, 0.29) is 37.1 Å². The normalized spacial score (nSPS) is 10.9. The Balaban J connectivity index is 0.00000300. The number of hydrogen-bond donors (Lipinski definition) is 0. The van der Waals surface area contributed by atoms with Crippen LogP contribution in [-0.2, 0) is 46.0 Å². The number of methoxy groups -OCH3 is 2. The van der Waals surface area contributed by atoms with Crippen molar-refractivity contribution in [2.24, 2.45) is 0 Å². The fourth-order valence-electron chi connectivity index (χ4n) is 2.87. The number of esters is 2. The molecular weight excluding hydrogens is 465 g/mol. The molecule has 1 aromatic heterocycles. The fraction of sp³-hybridized carbons (Fsp3) is 0.136. The van der Waals surface area contributed by atoms with E-state index in [1.165, 1.54) is 20.3 Å². The maximum atomic E-state index is 12.9. The van der Waals surface area contributed by atoms with Crippen LogP contribution in [0.25, 0.3) is 16.5 Å². The number of aromatic nitrogens is 1. The van der Waals surface area contributed by atoms with E-state index in [1.807, 2.05) is 30.3 Å². The predicted molar refractivity (Wildman–Crippen MR) is 103 cm³/mol. The molecule has 0 amide bonds. The summed E-state index contributed by atoms with van der Waals surface area (Å²) >= 11 is 0. The van der Waals surface area contributed by atoms with Crippen molar-refractivity contribution < 1.29 is 39.5 Å². The van der Waals surface area contributed by atoms with E-state index in [0.717, 1.165) is 5.56 Å². The van der Waals surface area contributed by atoms with E-state index in [4.69, 9.17) is 4.74 Å². The third kappa shape index (κ3) is 4.89. The number of fused-ring (bicyclic) bond motifs is 1. The van der Waals surface area contributed by atoms with Crippen LogP contribution < -0.4 is 5.56 Å². The van der Waals surface area contributed by atoms with Gasteiger partial charge in [0.1, 0.15) is 0 Å². The third-order valence-electron chi connectivity index (χ3n) is 4.18. The Morgan fingerprint density at radius 3 is 2.45 bits per heavy atom. The number of rotatable bonds is 5. The van der Waals surface area contributed by atoms with Crippen LogP contribution in [0.2, 0.25) is 0 Å². The van der Waals surface area contributed by atoms with Gasteiger partial charge in [0.2, 0.25) is 11.5 Å². The molecular formula is C22H17NO5Pd. The molecule has 0 fully saturated rings. The van der Waals surface area contributed by atoms with Crippen molar-refractivity contribution in [3.05, 3.63) is 88.2 Å². The summed E-state index contributed by atoms with van der Waals surface area (Å²) in [5.74, 6) is -1.65. The second-order valence-electron chi connectivity index (χ2n) is 5.88. The van der Waals surface area contributed by atoms with Crippen LogP contribution in [-0.4, -0.2) is 30.7 Å². The molecule has 29 heavy (non-hydrogen) atoms. The van der Waals surface area contributed by atoms with Crippen LogP contribution in [0.4, 0.5) is 0 Å². The van der Waals surface area contributed by atoms with Crippen molar-refractivity contribution in [1.82, 2.24) is 4.57 Å². The van der Waals surface area contributed by atoms with E-state index in [1.54, 1.807) is 22.8 Å². The Hall–Kier alpha value is -3.01. The van der Waals surface area contributed by atoms with Crippen LogP contribution in [0, 0.1) is 12.1 Å². The molecule has 0 aliphatic carbocycles. The van der Waals surface area contributed by atoms with Gasteiger partial charge < -0.3 is 18.8 Å². The zero-order valence-electron chi connectivity index (χ0n) is 15.7. The summed E-state index contributed by atoms with van der Waals surface area (Å²) in [5.41, 5.74) is 1.21. The number of nitrogens with zero attached hydrogens (tertiary/aromatic N) is 1. The maximum Gasteiger partial charge on any atom is 2.00 e. The quantitative estimate of drug-likeness (QED) is 0.242. The first-order valence-electron chi connectivity index (χ1n) is 8.44. The number of carbonyl (C=O) groups is 2. The molecule has 7 heteroatoms. The molecule has 0 aliphatic rings. The van der Waals surface area contributed by atoms with Crippen LogP contribution in [0.3, 0.4) is 0 Å². The number of benzene rings is 2. The molecule has 0 bridgehead atoms. The summed E-state index contributed by atoms with van der Waals surface area (Å²) in [5, 5.41) is 0.495. The third-order valence-corrected chi connectivity index (χ3v) is 4.18. The van der Waals surface area contributed by atoms with E-state index in [0.29, 0.717) is 17.4 Å². The van der Waals surface area contributed by atoms with Gasteiger partial charge in [-0.2, -0.15) is 0 Å². The smallest absolute Gasteiger partial charge is 0.522 e. The van der Waals surface area contributed by atoms with Crippen LogP contribution in [0.5, 0.6) is 0 Å². The summed E-state index contributed by atoms with van der Waals surface area (Å²) < 4.78 is 10.9. The van der Waals surface area contributed by atoms with Gasteiger partial charge in [0.15, 0.2) is 0 Å². The van der Waals surface area contributed by atoms with Gasteiger partial charge in [-0.1, -0.05) is 42.0 Å². The van der Waals surface area contributed by atoms with Gasteiger partial charge >= 0.3 is 20.4 Å². The largest absolute Gasteiger partial charge is 2.00 e. The van der Waals surface area contributed by atoms with Crippen molar-refractivity contribution in [3.63, 3.8) is 0 Å². The number of carbonyl (C=O) groups excluding carboxylic acids is 2. The first-order valence-corrected chi connectivity index (χ1v) is 8.44. The van der Waals surface area contributed by atoms with E-state index < -0.39 is 11.9 Å². The maximum absolute atomic E-state index is 12.9. The summed E-state index contributed by atoms with van der Waals surface area (Å²) in [7, 11) is 2.36. The van der Waals surface area contributed by atoms with E-state index in [9.17, 15) is 14.4 Å². The predicted octanol–water partition coefficient (Wildman–Crippen LogP) is 2.38. The van der Waals surface area contributed by atoms with E-state index in [2.05, 4.69) is 16.9 Å². The minimum absolute atomic E-state index is 0. The minimum atomic E-state index is -0.849. The molecule has 0 saturated carbocycles. The SMILES string of the molecule is COC(=O)[C-]=C(C(=O)OC)c1cc(=O)n(Cc2ccccc2)c2ccc[c-]c12.[Pd+2]. The van der Waals surface area contributed by atoms with Gasteiger partial charge in [-0.3, -0.25) is 9.59 Å². The number of hydrogen-bond acceptors (Lipinski definition) is 5. The van der Waals surface area contributed by atoms with Crippen molar-refractivity contribution in [2.45, 2.75) is 6.54 Å². The Kier molecular flexibility index (Phi) is 7.66. The molecule has 6 nitrogen and oxygen atoms in total. The van der Waals surface area contributed by atoms with Gasteiger partial charge in [0.25, 0.3) is 5.97 Å². The molecule has 0 unspecified atom stereocenters. The average Bonchev–Trinajstić information content (AvgIpc) is 2.74. The summed E-state index contributed by atoms with van der Waals surface area (Å²) in [6.45, 7) is 0.353. The summed E-state index contributed by atoms with van der Waals surface area (Å²) in [4.78, 5) is 36.8. The molecule has 0 atom stereocenters. The summed E-state index contributed by atoms with van der Waals surface area (Å²) in [6.07, 6.45) is 2.34. The van der Waals surface area contributed by atoms with Crippen LogP contribution >= 0.6 is 0 Å². The molecule has 0 N–H and O–H groups in total. The number of pyridine rings is 1. The van der Waals surface area contributed by atoms with Gasteiger partial charge in [0, 0.05) is 6.54 Å². The molecule has 150 valence electrons. The number of ether oxygens (including phenoxy) is 2. The van der Waals surface area contributed by atoms with Crippen molar-refractivity contribution in [3.8, 4) is 0 Å². The summed E-state index contributed by atoms with van der Waals surface area (Å²) in [6, 6.07) is 19.0. The van der Waals surface area contributed by atoms with Crippen molar-refractivity contribution >= 4 is 28.4 Å². The Morgan fingerprint density at radius 1 is 1.07 bits per heavy atom. The standard InChI is InChI=1S/C22H17NO5.Pd/c1-27-21(25)13-18(22(26)28-2)17-12-20(24)23(14-15-8-4-3-5-9-15)19-11-7-6-10-16(17)19;/h3-9,11-12H,14H2,1-2H3;/q-2;+2. The van der Waals surface area contributed by atoms with Gasteiger partial charge in [-0.25, -0.2) is 0 Å². The second kappa shape index (κ2) is 9.97. The van der Waals surface area contributed by atoms with Gasteiger partial charge in [-0.15, -0.1) is 35.2 Å². The minimum Gasteiger partial charge on any atom is -0.522 e. The molecule has 3 aromatic rings. The topological polar surface area (TPSA) is 74.6 Å². The van der Waals surface area contributed by atoms with Crippen molar-refractivity contribution in [2.75, 3.05) is 14.2 Å². The van der Waals surface area contributed by atoms with Crippen molar-refractivity contribution in [1.29, 1.82) is 0 Å². The Bertz CT molecular complexity index is 1120. The average molecular weight is 482 g/mol. The molecule has 3 rings (SSSR count). The fourth-order valence-corrected chi connectivity index (χ4v) is 2.87. The molecule has 0 radical (unpaired) electrons. The molecule has 1 heterocycles. The van der Waals surface area contributed by atoms with E-state index >= 15 is 0 Å². The second-order valence-corrected chi connectivity index (χ2v) is 5.88. The van der Waals surface area contributed by atoms with Crippen LogP contribution in [0.1, 0.15) is 11.1 Å². The monoisotopic (exact) mass is 481 g/mol. The molecule has 0 saturated heterocycles. The zero-order chi connectivity index (χ0) is 20.1. The van der Waals surface area contributed by atoms with Gasteiger partial charge in [-0.05, 0) is 17.1 Å². The molecule has 2 aromatic carbocycles.